The third-order valence-corrected chi connectivity index (χ3v) is 3.26. The van der Waals surface area contributed by atoms with Gasteiger partial charge in [0.25, 0.3) is 0 Å². The van der Waals surface area contributed by atoms with Gasteiger partial charge in [0.15, 0.2) is 5.75 Å². The molecule has 1 N–H and O–H groups in total. The van der Waals surface area contributed by atoms with Crippen LogP contribution in [0.25, 0.3) is 0 Å². The first-order chi connectivity index (χ1) is 12.0. The maximum Gasteiger partial charge on any atom is 0.316 e. The van der Waals surface area contributed by atoms with Gasteiger partial charge in [0.05, 0.1) is 12.4 Å². The normalized spacial score (nSPS) is 10.4. The molecular formula is C17H21N5O3. The number of benzene rings is 1. The van der Waals surface area contributed by atoms with E-state index in [2.05, 4.69) is 15.3 Å². The summed E-state index contributed by atoms with van der Waals surface area (Å²) in [5, 5.41) is 2.38. The number of hydrogen-bond acceptors (Lipinski definition) is 6. The molecular weight excluding hydrogens is 322 g/mol. The molecule has 0 aliphatic rings. The molecule has 1 heterocycles. The molecule has 0 unspecified atom stereocenters. The number of ether oxygens (including phenoxy) is 1. The smallest absolute Gasteiger partial charge is 0.316 e. The zero-order chi connectivity index (χ0) is 18.2. The fourth-order valence-corrected chi connectivity index (χ4v) is 1.84. The Morgan fingerprint density at radius 3 is 2.24 bits per heavy atom. The molecule has 25 heavy (non-hydrogen) atoms. The molecule has 0 atom stereocenters. The molecule has 1 aromatic carbocycles. The van der Waals surface area contributed by atoms with Gasteiger partial charge in [-0.1, -0.05) is 18.2 Å². The van der Waals surface area contributed by atoms with Gasteiger partial charge in [-0.25, -0.2) is 9.97 Å². The number of para-hydroxylation sites is 1. The Kier molecular flexibility index (Phi) is 6.41. The van der Waals surface area contributed by atoms with E-state index in [4.69, 9.17) is 4.74 Å². The predicted octanol–water partition coefficient (Wildman–Crippen LogP) is 1.23. The second-order valence-electron chi connectivity index (χ2n) is 5.64. The van der Waals surface area contributed by atoms with Gasteiger partial charge in [-0.15, -0.1) is 0 Å². The van der Waals surface area contributed by atoms with Crippen molar-refractivity contribution in [3.63, 3.8) is 0 Å². The number of nitrogens with zero attached hydrogens (tertiary/aromatic N) is 4. The molecule has 2 rings (SSSR count). The minimum Gasteiger partial charge on any atom is -0.454 e. The topological polar surface area (TPSA) is 87.7 Å². The van der Waals surface area contributed by atoms with E-state index < -0.39 is 11.8 Å². The largest absolute Gasteiger partial charge is 0.454 e. The van der Waals surface area contributed by atoms with E-state index >= 15 is 0 Å². The molecule has 0 spiro atoms. The number of rotatable bonds is 6. The van der Waals surface area contributed by atoms with E-state index in [1.807, 2.05) is 37.2 Å². The zero-order valence-corrected chi connectivity index (χ0v) is 14.5. The van der Waals surface area contributed by atoms with E-state index in [0.29, 0.717) is 24.6 Å². The van der Waals surface area contributed by atoms with Crippen LogP contribution in [0.2, 0.25) is 0 Å². The molecule has 1 aromatic heterocycles. The number of carbonyl (C=O) groups excluding carboxylic acids is 2. The highest BCUT2D eigenvalue weighted by atomic mass is 16.5. The third-order valence-electron chi connectivity index (χ3n) is 3.26. The summed E-state index contributed by atoms with van der Waals surface area (Å²) in [6, 6.07) is 9.19. The first-order valence-electron chi connectivity index (χ1n) is 7.72. The average Bonchev–Trinajstić information content (AvgIpc) is 2.61. The van der Waals surface area contributed by atoms with E-state index in [1.54, 1.807) is 19.2 Å². The molecule has 0 fully saturated rings. The minimum atomic E-state index is -0.780. The van der Waals surface area contributed by atoms with Crippen LogP contribution < -0.4 is 10.1 Å². The summed E-state index contributed by atoms with van der Waals surface area (Å²) in [4.78, 5) is 35.2. The second kappa shape index (κ2) is 8.74. The van der Waals surface area contributed by atoms with E-state index in [1.165, 1.54) is 17.3 Å². The Bertz CT molecular complexity index is 704. The Hall–Kier alpha value is -3.00. The summed E-state index contributed by atoms with van der Waals surface area (Å²) in [7, 11) is 5.36. The molecule has 0 radical (unpaired) electrons. The van der Waals surface area contributed by atoms with Gasteiger partial charge in [0, 0.05) is 20.1 Å². The first kappa shape index (κ1) is 18.3. The lowest BCUT2D eigenvalue weighted by Gasteiger charge is -2.18. The number of nitrogens with one attached hydrogen (secondary N) is 1. The van der Waals surface area contributed by atoms with Crippen molar-refractivity contribution in [1.82, 2.24) is 19.8 Å². The monoisotopic (exact) mass is 343 g/mol. The Labute approximate surface area is 146 Å². The van der Waals surface area contributed by atoms with Crippen molar-refractivity contribution in [3.8, 4) is 11.5 Å². The van der Waals surface area contributed by atoms with Crippen LogP contribution in [0, 0.1) is 0 Å². The van der Waals surface area contributed by atoms with Crippen molar-refractivity contribution in [2.45, 2.75) is 0 Å². The second-order valence-corrected chi connectivity index (χ2v) is 5.64. The Morgan fingerprint density at radius 2 is 1.64 bits per heavy atom. The van der Waals surface area contributed by atoms with Crippen molar-refractivity contribution in [2.75, 3.05) is 39.5 Å². The van der Waals surface area contributed by atoms with Gasteiger partial charge in [0.2, 0.25) is 5.95 Å². The van der Waals surface area contributed by atoms with Crippen molar-refractivity contribution in [3.05, 3.63) is 42.7 Å². The van der Waals surface area contributed by atoms with Crippen molar-refractivity contribution in [1.29, 1.82) is 0 Å². The predicted molar refractivity (Wildman–Crippen MR) is 93.4 cm³/mol. The summed E-state index contributed by atoms with van der Waals surface area (Å²) in [6.45, 7) is 1.11. The lowest BCUT2D eigenvalue weighted by Crippen LogP contribution is -2.40. The molecule has 132 valence electrons. The van der Waals surface area contributed by atoms with Crippen LogP contribution in [-0.4, -0.2) is 65.8 Å². The number of aromatic nitrogens is 2. The third kappa shape index (κ3) is 5.85. The van der Waals surface area contributed by atoms with Crippen LogP contribution in [0.1, 0.15) is 0 Å². The van der Waals surface area contributed by atoms with E-state index in [-0.39, 0.29) is 5.95 Å². The fourth-order valence-electron chi connectivity index (χ4n) is 1.84. The summed E-state index contributed by atoms with van der Waals surface area (Å²) >= 11 is 0. The molecule has 2 amide bonds. The molecule has 2 aromatic rings. The van der Waals surface area contributed by atoms with Crippen LogP contribution in [0.4, 0.5) is 5.95 Å². The van der Waals surface area contributed by atoms with Crippen LogP contribution >= 0.6 is 0 Å². The summed E-state index contributed by atoms with van der Waals surface area (Å²) in [5.41, 5.74) is 0. The molecule has 0 aliphatic heterocycles. The van der Waals surface area contributed by atoms with E-state index in [0.717, 1.165) is 0 Å². The maximum absolute atomic E-state index is 12.0. The average molecular weight is 343 g/mol. The highest BCUT2D eigenvalue weighted by Gasteiger charge is 2.19. The number of hydrogen-bond donors (Lipinski definition) is 1. The fraction of sp³-hybridized carbons (Fsp3) is 0.294. The number of amides is 2. The number of likely N-dealkylation sites (N-methyl/N-ethyl adjacent to an activating group) is 2. The van der Waals surface area contributed by atoms with E-state index in [9.17, 15) is 9.59 Å². The first-order valence-corrected chi connectivity index (χ1v) is 7.72. The molecule has 8 heteroatoms. The van der Waals surface area contributed by atoms with Gasteiger partial charge < -0.3 is 14.5 Å². The van der Waals surface area contributed by atoms with Crippen LogP contribution in [0.3, 0.4) is 0 Å². The summed E-state index contributed by atoms with van der Waals surface area (Å²) in [5.74, 6) is -0.299. The molecule has 0 bridgehead atoms. The minimum absolute atomic E-state index is 0.0415. The number of carbonyl (C=O) groups is 2. The van der Waals surface area contributed by atoms with Gasteiger partial charge in [0.1, 0.15) is 5.75 Å². The van der Waals surface area contributed by atoms with Gasteiger partial charge in [-0.2, -0.15) is 0 Å². The standard InChI is InChI=1S/C17H21N5O3/c1-21(2)9-10-22(3)16(24)15(23)20-17-18-11-14(12-19-17)25-13-7-5-4-6-8-13/h4-8,11-12H,9-10H2,1-3H3,(H,18,19,20,23). The van der Waals surface area contributed by atoms with Crippen molar-refractivity contribution >= 4 is 17.8 Å². The lowest BCUT2D eigenvalue weighted by molar-refractivity contribution is -0.142. The molecule has 0 saturated heterocycles. The number of anilines is 1. The molecule has 8 nitrogen and oxygen atoms in total. The van der Waals surface area contributed by atoms with Crippen LogP contribution in [0.5, 0.6) is 11.5 Å². The Balaban J connectivity index is 1.89. The van der Waals surface area contributed by atoms with Crippen LogP contribution in [-0.2, 0) is 9.59 Å². The quantitative estimate of drug-likeness (QED) is 0.794. The summed E-state index contributed by atoms with van der Waals surface area (Å²) < 4.78 is 5.56. The van der Waals surface area contributed by atoms with Gasteiger partial charge >= 0.3 is 11.8 Å². The maximum atomic E-state index is 12.0. The van der Waals surface area contributed by atoms with Crippen molar-refractivity contribution in [2.24, 2.45) is 0 Å². The van der Waals surface area contributed by atoms with Crippen molar-refractivity contribution < 1.29 is 14.3 Å². The van der Waals surface area contributed by atoms with Gasteiger partial charge in [-0.3, -0.25) is 14.9 Å². The highest BCUT2D eigenvalue weighted by molar-refractivity contribution is 6.39. The molecule has 0 aliphatic carbocycles. The zero-order valence-electron chi connectivity index (χ0n) is 14.5. The summed E-state index contributed by atoms with van der Waals surface area (Å²) in [6.07, 6.45) is 2.85. The SMILES string of the molecule is CN(C)CCN(C)C(=O)C(=O)Nc1ncc(Oc2ccccc2)cn1. The van der Waals surface area contributed by atoms with Gasteiger partial charge in [-0.05, 0) is 26.2 Å². The molecule has 0 saturated carbocycles. The Morgan fingerprint density at radius 1 is 1.00 bits per heavy atom. The van der Waals surface area contributed by atoms with Crippen LogP contribution in [0.15, 0.2) is 42.7 Å². The highest BCUT2D eigenvalue weighted by Crippen LogP contribution is 2.19. The lowest BCUT2D eigenvalue weighted by atomic mass is 10.3.